The van der Waals surface area contributed by atoms with Gasteiger partial charge < -0.3 is 4.74 Å². The van der Waals surface area contributed by atoms with Crippen LogP contribution in [0.2, 0.25) is 5.02 Å². The van der Waals surface area contributed by atoms with E-state index in [4.69, 9.17) is 16.3 Å². The summed E-state index contributed by atoms with van der Waals surface area (Å²) in [7, 11) is 1.50. The number of nitrogens with zero attached hydrogens (tertiary/aromatic N) is 2. The molecule has 1 N–H and O–H groups in total. The third-order valence-corrected chi connectivity index (χ3v) is 5.61. The van der Waals surface area contributed by atoms with E-state index >= 15 is 0 Å². The van der Waals surface area contributed by atoms with Gasteiger partial charge in [0.15, 0.2) is 11.6 Å². The lowest BCUT2D eigenvalue weighted by Gasteiger charge is -2.32. The molecule has 4 rings (SSSR count). The van der Waals surface area contributed by atoms with Crippen LogP contribution in [0.5, 0.6) is 5.75 Å². The van der Waals surface area contributed by atoms with Gasteiger partial charge in [0.05, 0.1) is 13.3 Å². The van der Waals surface area contributed by atoms with Gasteiger partial charge in [0.25, 0.3) is 0 Å². The summed E-state index contributed by atoms with van der Waals surface area (Å²) in [4.78, 5) is 2.41. The summed E-state index contributed by atoms with van der Waals surface area (Å²) in [5.41, 5.74) is 4.48. The fourth-order valence-electron chi connectivity index (χ4n) is 3.96. The number of likely N-dealkylation sites (tertiary alicyclic amines) is 1. The predicted octanol–water partition coefficient (Wildman–Crippen LogP) is 5.26. The van der Waals surface area contributed by atoms with E-state index in [-0.39, 0.29) is 5.82 Å². The second-order valence-corrected chi connectivity index (χ2v) is 7.68. The smallest absolute Gasteiger partial charge is 0.165 e. The molecule has 1 fully saturated rings. The lowest BCUT2D eigenvalue weighted by Crippen LogP contribution is -2.34. The molecule has 6 heteroatoms. The number of benzene rings is 2. The largest absolute Gasteiger partial charge is 0.494 e. The Bertz CT molecular complexity index is 941. The Morgan fingerprint density at radius 3 is 2.86 bits per heavy atom. The molecule has 3 aromatic rings. The molecule has 0 spiro atoms. The maximum atomic E-state index is 13.7. The Kier molecular flexibility index (Phi) is 5.64. The summed E-state index contributed by atoms with van der Waals surface area (Å²) >= 11 is 6.03. The minimum Gasteiger partial charge on any atom is -0.494 e. The first-order chi connectivity index (χ1) is 13.6. The highest BCUT2D eigenvalue weighted by molar-refractivity contribution is 6.30. The average molecular weight is 400 g/mol. The van der Waals surface area contributed by atoms with E-state index in [9.17, 15) is 4.39 Å². The van der Waals surface area contributed by atoms with Crippen molar-refractivity contribution in [1.29, 1.82) is 0 Å². The van der Waals surface area contributed by atoms with Gasteiger partial charge in [-0.05, 0) is 54.8 Å². The summed E-state index contributed by atoms with van der Waals surface area (Å²) in [6, 6.07) is 13.0. The minimum atomic E-state index is -0.326. The fraction of sp³-hybridized carbons (Fsp3) is 0.318. The van der Waals surface area contributed by atoms with Crippen molar-refractivity contribution >= 4 is 11.6 Å². The number of halogens is 2. The van der Waals surface area contributed by atoms with E-state index in [1.807, 2.05) is 36.5 Å². The van der Waals surface area contributed by atoms with E-state index in [1.165, 1.54) is 18.9 Å². The van der Waals surface area contributed by atoms with Gasteiger partial charge in [0, 0.05) is 35.3 Å². The number of nitrogens with one attached hydrogen (secondary N) is 1. The molecule has 28 heavy (non-hydrogen) atoms. The molecule has 1 saturated heterocycles. The number of hydrogen-bond acceptors (Lipinski definition) is 3. The minimum absolute atomic E-state index is 0.296. The van der Waals surface area contributed by atoms with Crippen LogP contribution in [0.3, 0.4) is 0 Å². The molecule has 1 aliphatic heterocycles. The summed E-state index contributed by atoms with van der Waals surface area (Å²) in [5, 5.41) is 8.25. The Balaban J connectivity index is 1.50. The molecule has 1 aromatic heterocycles. The Morgan fingerprint density at radius 1 is 1.25 bits per heavy atom. The molecule has 4 nitrogen and oxygen atoms in total. The molecule has 2 heterocycles. The predicted molar refractivity (Wildman–Crippen MR) is 109 cm³/mol. The van der Waals surface area contributed by atoms with Gasteiger partial charge >= 0.3 is 0 Å². The van der Waals surface area contributed by atoms with Crippen LogP contribution in [0, 0.1) is 5.82 Å². The number of piperidine rings is 1. The van der Waals surface area contributed by atoms with Crippen molar-refractivity contribution < 1.29 is 9.13 Å². The van der Waals surface area contributed by atoms with Crippen molar-refractivity contribution in [2.75, 3.05) is 20.2 Å². The molecular formula is C22H23ClFN3O. The van der Waals surface area contributed by atoms with E-state index < -0.39 is 0 Å². The number of H-pyrrole nitrogens is 1. The van der Waals surface area contributed by atoms with Crippen LogP contribution in [0.1, 0.15) is 30.0 Å². The van der Waals surface area contributed by atoms with Crippen LogP contribution < -0.4 is 4.74 Å². The van der Waals surface area contributed by atoms with Gasteiger partial charge in [-0.15, -0.1) is 0 Å². The lowest BCUT2D eigenvalue weighted by molar-refractivity contribution is 0.198. The number of aromatic amines is 1. The summed E-state index contributed by atoms with van der Waals surface area (Å²) in [6.07, 6.45) is 4.12. The maximum absolute atomic E-state index is 13.7. The monoisotopic (exact) mass is 399 g/mol. The van der Waals surface area contributed by atoms with Crippen LogP contribution in [-0.4, -0.2) is 35.3 Å². The third kappa shape index (κ3) is 4.05. The Morgan fingerprint density at radius 2 is 2.07 bits per heavy atom. The third-order valence-electron chi connectivity index (χ3n) is 5.36. The molecule has 146 valence electrons. The number of rotatable bonds is 5. The summed E-state index contributed by atoms with van der Waals surface area (Å²) in [6.45, 7) is 2.74. The van der Waals surface area contributed by atoms with Gasteiger partial charge in [0.1, 0.15) is 0 Å². The van der Waals surface area contributed by atoms with Crippen molar-refractivity contribution in [3.63, 3.8) is 0 Å². The normalized spacial score (nSPS) is 17.6. The van der Waals surface area contributed by atoms with Crippen LogP contribution in [0.25, 0.3) is 11.1 Å². The van der Waals surface area contributed by atoms with Crippen LogP contribution in [0.4, 0.5) is 4.39 Å². The summed E-state index contributed by atoms with van der Waals surface area (Å²) in [5.74, 6) is 0.349. The molecule has 1 aliphatic rings. The van der Waals surface area contributed by atoms with Gasteiger partial charge in [-0.25, -0.2) is 4.39 Å². The zero-order valence-corrected chi connectivity index (χ0v) is 16.5. The van der Waals surface area contributed by atoms with Gasteiger partial charge in [-0.1, -0.05) is 29.8 Å². The van der Waals surface area contributed by atoms with Crippen LogP contribution >= 0.6 is 11.6 Å². The zero-order valence-electron chi connectivity index (χ0n) is 15.8. The van der Waals surface area contributed by atoms with E-state index in [2.05, 4.69) is 15.1 Å². The van der Waals surface area contributed by atoms with Crippen molar-refractivity contribution in [2.45, 2.75) is 25.3 Å². The molecule has 1 unspecified atom stereocenters. The quantitative estimate of drug-likeness (QED) is 0.636. The lowest BCUT2D eigenvalue weighted by atomic mass is 9.90. The highest BCUT2D eigenvalue weighted by Crippen LogP contribution is 2.34. The summed E-state index contributed by atoms with van der Waals surface area (Å²) < 4.78 is 18.8. The topological polar surface area (TPSA) is 41.1 Å². The van der Waals surface area contributed by atoms with Crippen molar-refractivity contribution in [3.8, 4) is 16.9 Å². The number of hydrogen-bond donors (Lipinski definition) is 1. The van der Waals surface area contributed by atoms with Crippen molar-refractivity contribution in [1.82, 2.24) is 15.1 Å². The second-order valence-electron chi connectivity index (χ2n) is 7.25. The Labute approximate surface area is 169 Å². The van der Waals surface area contributed by atoms with Gasteiger partial charge in [-0.2, -0.15) is 5.10 Å². The SMILES string of the molecule is COc1cc(CN2CCCC(c3[nH]ncc3-c3ccc(Cl)cc3)C2)ccc1F. The molecule has 2 aromatic carbocycles. The van der Waals surface area contributed by atoms with Crippen molar-refractivity contribution in [2.24, 2.45) is 0 Å². The second kappa shape index (κ2) is 8.33. The molecule has 0 amide bonds. The molecule has 0 saturated carbocycles. The zero-order chi connectivity index (χ0) is 19.5. The number of methoxy groups -OCH3 is 1. The van der Waals surface area contributed by atoms with Crippen LogP contribution in [0.15, 0.2) is 48.7 Å². The van der Waals surface area contributed by atoms with E-state index in [0.717, 1.165) is 54.2 Å². The Hall–Kier alpha value is -2.37. The first-order valence-corrected chi connectivity index (χ1v) is 9.86. The molecule has 0 bridgehead atoms. The first-order valence-electron chi connectivity index (χ1n) is 9.48. The van der Waals surface area contributed by atoms with Crippen LogP contribution in [-0.2, 0) is 6.54 Å². The number of aromatic nitrogens is 2. The number of ether oxygens (including phenoxy) is 1. The maximum Gasteiger partial charge on any atom is 0.165 e. The first kappa shape index (κ1) is 19.0. The molecule has 0 aliphatic carbocycles. The molecule has 0 radical (unpaired) electrons. The van der Waals surface area contributed by atoms with E-state index in [1.54, 1.807) is 6.07 Å². The highest BCUT2D eigenvalue weighted by atomic mass is 35.5. The average Bonchev–Trinajstić information content (AvgIpc) is 3.20. The van der Waals surface area contributed by atoms with Crippen molar-refractivity contribution in [3.05, 3.63) is 70.8 Å². The molecular weight excluding hydrogens is 377 g/mol. The van der Waals surface area contributed by atoms with Gasteiger partial charge in [-0.3, -0.25) is 10.00 Å². The standard InChI is InChI=1S/C22H23ClFN3O/c1-28-21-11-15(4-9-20(21)24)13-27-10-2-3-17(14-27)22-19(12-25-26-22)16-5-7-18(23)8-6-16/h4-9,11-12,17H,2-3,10,13-14H2,1H3,(H,25,26). The highest BCUT2D eigenvalue weighted by Gasteiger charge is 2.25. The van der Waals surface area contributed by atoms with Gasteiger partial charge in [0.2, 0.25) is 0 Å². The molecule has 1 atom stereocenters. The fourth-order valence-corrected chi connectivity index (χ4v) is 4.09. The van der Waals surface area contributed by atoms with E-state index in [0.29, 0.717) is 11.7 Å².